The standard InChI is InChI=1S/C13H16N2O3S/c1-17-10-4-8(5-11(7-10)18-2)3-9-6-12(16)15-13(19)14-9/h4-7,13-14,19H,3H2,1-2H3,(H,15,16). The van der Waals surface area contributed by atoms with Crippen molar-refractivity contribution in [2.75, 3.05) is 14.2 Å². The first-order valence-electron chi connectivity index (χ1n) is 5.78. The van der Waals surface area contributed by atoms with E-state index >= 15 is 0 Å². The van der Waals surface area contributed by atoms with Crippen molar-refractivity contribution < 1.29 is 14.3 Å². The van der Waals surface area contributed by atoms with Gasteiger partial charge in [-0.25, -0.2) is 0 Å². The van der Waals surface area contributed by atoms with Gasteiger partial charge in [0.15, 0.2) is 0 Å². The Morgan fingerprint density at radius 2 is 1.79 bits per heavy atom. The van der Waals surface area contributed by atoms with Gasteiger partial charge in [-0.15, -0.1) is 12.6 Å². The van der Waals surface area contributed by atoms with E-state index in [4.69, 9.17) is 9.47 Å². The fourth-order valence-corrected chi connectivity index (χ4v) is 2.17. The number of ether oxygens (including phenoxy) is 2. The predicted octanol–water partition coefficient (Wildman–Crippen LogP) is 1.06. The number of nitrogens with one attached hydrogen (secondary N) is 2. The van der Waals surface area contributed by atoms with Crippen LogP contribution in [0.1, 0.15) is 5.56 Å². The van der Waals surface area contributed by atoms with Crippen molar-refractivity contribution in [3.05, 3.63) is 35.5 Å². The van der Waals surface area contributed by atoms with Crippen molar-refractivity contribution in [2.24, 2.45) is 0 Å². The van der Waals surface area contributed by atoms with Gasteiger partial charge in [0.1, 0.15) is 17.0 Å². The second kappa shape index (κ2) is 5.88. The van der Waals surface area contributed by atoms with Crippen LogP contribution < -0.4 is 20.1 Å². The third kappa shape index (κ3) is 3.57. The van der Waals surface area contributed by atoms with Crippen LogP contribution in [0.5, 0.6) is 11.5 Å². The molecule has 1 amide bonds. The highest BCUT2D eigenvalue weighted by Crippen LogP contribution is 2.24. The SMILES string of the molecule is COc1cc(CC2=CC(=O)NC(S)N2)cc(OC)c1. The largest absolute Gasteiger partial charge is 0.497 e. The summed E-state index contributed by atoms with van der Waals surface area (Å²) in [5.41, 5.74) is 1.43. The monoisotopic (exact) mass is 280 g/mol. The highest BCUT2D eigenvalue weighted by Gasteiger charge is 2.15. The molecule has 0 bridgehead atoms. The molecule has 2 N–H and O–H groups in total. The Morgan fingerprint density at radius 1 is 1.16 bits per heavy atom. The molecule has 0 radical (unpaired) electrons. The molecule has 1 aliphatic heterocycles. The maximum absolute atomic E-state index is 11.4. The molecule has 1 atom stereocenters. The number of hydrogen-bond donors (Lipinski definition) is 3. The molecule has 1 aromatic carbocycles. The van der Waals surface area contributed by atoms with E-state index in [0.29, 0.717) is 6.42 Å². The van der Waals surface area contributed by atoms with Gasteiger partial charge in [0.05, 0.1) is 14.2 Å². The third-order valence-electron chi connectivity index (χ3n) is 2.71. The fraction of sp³-hybridized carbons (Fsp3) is 0.308. The van der Waals surface area contributed by atoms with E-state index < -0.39 is 0 Å². The molecule has 0 spiro atoms. The lowest BCUT2D eigenvalue weighted by Crippen LogP contribution is -2.45. The number of rotatable bonds is 4. The Kier molecular flexibility index (Phi) is 4.21. The van der Waals surface area contributed by atoms with Gasteiger partial charge in [0.2, 0.25) is 5.91 Å². The van der Waals surface area contributed by atoms with E-state index in [1.54, 1.807) is 20.3 Å². The lowest BCUT2D eigenvalue weighted by atomic mass is 10.1. The normalized spacial score (nSPS) is 18.2. The van der Waals surface area contributed by atoms with Crippen LogP contribution in [0.25, 0.3) is 0 Å². The minimum absolute atomic E-state index is 0.149. The molecule has 0 fully saturated rings. The predicted molar refractivity (Wildman–Crippen MR) is 75.4 cm³/mol. The third-order valence-corrected chi connectivity index (χ3v) is 2.97. The van der Waals surface area contributed by atoms with Gasteiger partial charge in [-0.05, 0) is 17.7 Å². The van der Waals surface area contributed by atoms with Crippen molar-refractivity contribution in [3.63, 3.8) is 0 Å². The van der Waals surface area contributed by atoms with Gasteiger partial charge in [0, 0.05) is 24.3 Å². The zero-order chi connectivity index (χ0) is 13.8. The van der Waals surface area contributed by atoms with Crippen molar-refractivity contribution in [1.29, 1.82) is 0 Å². The van der Waals surface area contributed by atoms with E-state index in [-0.39, 0.29) is 11.4 Å². The van der Waals surface area contributed by atoms with E-state index in [9.17, 15) is 4.79 Å². The van der Waals surface area contributed by atoms with Gasteiger partial charge in [0.25, 0.3) is 0 Å². The maximum Gasteiger partial charge on any atom is 0.247 e. The molecular weight excluding hydrogens is 264 g/mol. The second-order valence-corrected chi connectivity index (χ2v) is 4.64. The number of carbonyl (C=O) groups excluding carboxylic acids is 1. The van der Waals surface area contributed by atoms with E-state index in [1.807, 2.05) is 12.1 Å². The van der Waals surface area contributed by atoms with E-state index in [1.165, 1.54) is 6.08 Å². The summed E-state index contributed by atoms with van der Waals surface area (Å²) in [4.78, 5) is 11.4. The van der Waals surface area contributed by atoms with Crippen LogP contribution in [0.15, 0.2) is 30.0 Å². The molecule has 102 valence electrons. The molecule has 0 aromatic heterocycles. The van der Waals surface area contributed by atoms with E-state index in [2.05, 4.69) is 23.3 Å². The zero-order valence-corrected chi connectivity index (χ0v) is 11.7. The van der Waals surface area contributed by atoms with Crippen molar-refractivity contribution in [3.8, 4) is 11.5 Å². The summed E-state index contributed by atoms with van der Waals surface area (Å²) >= 11 is 4.19. The van der Waals surface area contributed by atoms with Gasteiger partial charge in [-0.2, -0.15) is 0 Å². The quantitative estimate of drug-likeness (QED) is 0.722. The summed E-state index contributed by atoms with van der Waals surface area (Å²) in [6, 6.07) is 5.62. The highest BCUT2D eigenvalue weighted by molar-refractivity contribution is 7.80. The number of amides is 1. The molecule has 19 heavy (non-hydrogen) atoms. The van der Waals surface area contributed by atoms with Crippen LogP contribution in [-0.2, 0) is 11.2 Å². The van der Waals surface area contributed by atoms with Crippen LogP contribution in [0.2, 0.25) is 0 Å². The first-order chi connectivity index (χ1) is 9.10. The number of methoxy groups -OCH3 is 2. The zero-order valence-electron chi connectivity index (χ0n) is 10.8. The van der Waals surface area contributed by atoms with Crippen LogP contribution in [-0.4, -0.2) is 25.6 Å². The van der Waals surface area contributed by atoms with Crippen molar-refractivity contribution in [2.45, 2.75) is 11.9 Å². The van der Waals surface area contributed by atoms with Gasteiger partial charge >= 0.3 is 0 Å². The first kappa shape index (κ1) is 13.6. The number of hydrogen-bond acceptors (Lipinski definition) is 5. The molecule has 1 heterocycles. The summed E-state index contributed by atoms with van der Waals surface area (Å²) in [5.74, 6) is 1.29. The Labute approximate surface area is 117 Å². The number of benzene rings is 1. The Balaban J connectivity index is 2.20. The topological polar surface area (TPSA) is 59.6 Å². The van der Waals surface area contributed by atoms with Crippen LogP contribution in [0.4, 0.5) is 0 Å². The van der Waals surface area contributed by atoms with Crippen LogP contribution in [0.3, 0.4) is 0 Å². The summed E-state index contributed by atoms with van der Waals surface area (Å²) in [6.07, 6.45) is 2.11. The summed E-state index contributed by atoms with van der Waals surface area (Å²) < 4.78 is 10.4. The number of carbonyl (C=O) groups is 1. The molecule has 1 aliphatic rings. The average Bonchev–Trinajstić information content (AvgIpc) is 2.37. The molecule has 1 aromatic rings. The molecule has 1 unspecified atom stereocenters. The van der Waals surface area contributed by atoms with Gasteiger partial charge in [-0.1, -0.05) is 0 Å². The smallest absolute Gasteiger partial charge is 0.247 e. The Hall–Kier alpha value is -1.82. The average molecular weight is 280 g/mol. The van der Waals surface area contributed by atoms with Crippen molar-refractivity contribution in [1.82, 2.24) is 10.6 Å². The van der Waals surface area contributed by atoms with Crippen LogP contribution >= 0.6 is 12.6 Å². The van der Waals surface area contributed by atoms with Crippen molar-refractivity contribution >= 4 is 18.5 Å². The first-order valence-corrected chi connectivity index (χ1v) is 6.30. The molecule has 6 heteroatoms. The lowest BCUT2D eigenvalue weighted by molar-refractivity contribution is -0.117. The molecule has 0 saturated carbocycles. The summed E-state index contributed by atoms with van der Waals surface area (Å²) in [7, 11) is 3.21. The van der Waals surface area contributed by atoms with Gasteiger partial charge in [-0.3, -0.25) is 4.79 Å². The molecule has 2 rings (SSSR count). The summed E-state index contributed by atoms with van der Waals surface area (Å²) in [6.45, 7) is 0. The van der Waals surface area contributed by atoms with Gasteiger partial charge < -0.3 is 20.1 Å². The molecule has 0 aliphatic carbocycles. The number of allylic oxidation sites excluding steroid dienone is 1. The molecular formula is C13H16N2O3S. The minimum atomic E-state index is -0.361. The Bertz CT molecular complexity index is 494. The highest BCUT2D eigenvalue weighted by atomic mass is 32.1. The van der Waals surface area contributed by atoms with E-state index in [0.717, 1.165) is 22.8 Å². The Morgan fingerprint density at radius 3 is 2.32 bits per heavy atom. The fourth-order valence-electron chi connectivity index (χ4n) is 1.88. The minimum Gasteiger partial charge on any atom is -0.497 e. The summed E-state index contributed by atoms with van der Waals surface area (Å²) in [5, 5.41) is 5.71. The maximum atomic E-state index is 11.4. The number of thiol groups is 1. The molecule has 0 saturated heterocycles. The lowest BCUT2D eigenvalue weighted by Gasteiger charge is -2.22. The van der Waals surface area contributed by atoms with Crippen LogP contribution in [0, 0.1) is 0 Å². The molecule has 5 nitrogen and oxygen atoms in total. The second-order valence-electron chi connectivity index (χ2n) is 4.12.